The van der Waals surface area contributed by atoms with Crippen LogP contribution in [0.5, 0.6) is 5.88 Å². The van der Waals surface area contributed by atoms with Crippen LogP contribution in [0.25, 0.3) is 11.4 Å². The molecule has 0 atom stereocenters. The number of fused-ring (bicyclic) bond motifs is 1. The van der Waals surface area contributed by atoms with Crippen LogP contribution in [0.15, 0.2) is 29.1 Å². The highest BCUT2D eigenvalue weighted by atomic mass is 16.6. The number of nitrogens with zero attached hydrogens (tertiary/aromatic N) is 2. The molecule has 0 radical (unpaired) electrons. The second kappa shape index (κ2) is 4.40. The number of aromatic nitrogens is 2. The smallest absolute Gasteiger partial charge is 0.269 e. The molecule has 1 aliphatic heterocycles. The van der Waals surface area contributed by atoms with Crippen molar-refractivity contribution in [2.45, 2.75) is 31.3 Å². The van der Waals surface area contributed by atoms with Crippen molar-refractivity contribution in [2.24, 2.45) is 0 Å². The van der Waals surface area contributed by atoms with Gasteiger partial charge in [-0.25, -0.2) is 0 Å². The largest absolute Gasteiger partial charge is 0.471 e. The van der Waals surface area contributed by atoms with Gasteiger partial charge in [0.05, 0.1) is 10.5 Å². The highest BCUT2D eigenvalue weighted by Gasteiger charge is 2.48. The van der Waals surface area contributed by atoms with E-state index in [9.17, 15) is 14.9 Å². The van der Waals surface area contributed by atoms with E-state index in [-0.39, 0.29) is 16.8 Å². The van der Waals surface area contributed by atoms with Crippen molar-refractivity contribution in [1.82, 2.24) is 9.97 Å². The molecule has 1 aromatic heterocycles. The van der Waals surface area contributed by atoms with Crippen LogP contribution in [0.1, 0.15) is 24.8 Å². The van der Waals surface area contributed by atoms with Crippen molar-refractivity contribution < 1.29 is 9.66 Å². The second-order valence-electron chi connectivity index (χ2n) is 5.79. The Morgan fingerprint density at radius 1 is 1.23 bits per heavy atom. The number of aromatic amines is 1. The molecule has 1 aromatic carbocycles. The Bertz CT molecular complexity index is 822. The maximum atomic E-state index is 12.2. The van der Waals surface area contributed by atoms with Gasteiger partial charge in [-0.1, -0.05) is 0 Å². The number of ether oxygens (including phenoxy) is 1. The Kier molecular flexibility index (Phi) is 2.60. The van der Waals surface area contributed by atoms with Crippen LogP contribution >= 0.6 is 0 Å². The van der Waals surface area contributed by atoms with Gasteiger partial charge in [-0.3, -0.25) is 14.9 Å². The van der Waals surface area contributed by atoms with Gasteiger partial charge in [-0.15, -0.1) is 0 Å². The van der Waals surface area contributed by atoms with Crippen molar-refractivity contribution in [3.05, 3.63) is 50.3 Å². The minimum Gasteiger partial charge on any atom is -0.471 e. The van der Waals surface area contributed by atoms with Crippen molar-refractivity contribution >= 4 is 5.69 Å². The lowest BCUT2D eigenvalue weighted by atomic mass is 10.0. The number of H-pyrrole nitrogens is 1. The fraction of sp³-hybridized carbons (Fsp3) is 0.333. The molecule has 1 fully saturated rings. The highest BCUT2D eigenvalue weighted by Crippen LogP contribution is 2.47. The van der Waals surface area contributed by atoms with Crippen LogP contribution in [-0.4, -0.2) is 20.5 Å². The zero-order valence-electron chi connectivity index (χ0n) is 11.7. The van der Waals surface area contributed by atoms with E-state index < -0.39 is 4.92 Å². The summed E-state index contributed by atoms with van der Waals surface area (Å²) in [7, 11) is 0. The third kappa shape index (κ3) is 2.05. The molecule has 112 valence electrons. The van der Waals surface area contributed by atoms with Gasteiger partial charge in [0.1, 0.15) is 11.4 Å². The molecule has 1 spiro atoms. The first-order valence-electron chi connectivity index (χ1n) is 7.13. The molecule has 7 nitrogen and oxygen atoms in total. The Balaban J connectivity index is 1.75. The molecule has 7 heteroatoms. The SMILES string of the molecule is O=c1[nH]c(-c2ccc([N+](=O)[O-])cc2)nc2c1CCC1(CC1)O2. The molecule has 0 amide bonds. The zero-order valence-corrected chi connectivity index (χ0v) is 11.7. The zero-order chi connectivity index (χ0) is 15.3. The standard InChI is InChI=1S/C15H13N3O4/c19-13-11-5-6-15(7-8-15)22-14(11)17-12(16-13)9-1-3-10(4-2-9)18(20)21/h1-4H,5-8H2,(H,16,17,19). The molecule has 0 bridgehead atoms. The summed E-state index contributed by atoms with van der Waals surface area (Å²) in [6, 6.07) is 5.91. The molecule has 2 aromatic rings. The maximum absolute atomic E-state index is 12.2. The molecule has 0 saturated heterocycles. The van der Waals surface area contributed by atoms with E-state index in [1.807, 2.05) is 0 Å². The van der Waals surface area contributed by atoms with Crippen LogP contribution in [0.4, 0.5) is 5.69 Å². The summed E-state index contributed by atoms with van der Waals surface area (Å²) in [5, 5.41) is 10.7. The van der Waals surface area contributed by atoms with Gasteiger partial charge >= 0.3 is 0 Å². The Hall–Kier alpha value is -2.70. The quantitative estimate of drug-likeness (QED) is 0.677. The van der Waals surface area contributed by atoms with Crippen LogP contribution in [0, 0.1) is 10.1 Å². The molecule has 1 saturated carbocycles. The molecule has 2 aliphatic rings. The Morgan fingerprint density at radius 2 is 1.95 bits per heavy atom. The summed E-state index contributed by atoms with van der Waals surface area (Å²) < 4.78 is 5.90. The van der Waals surface area contributed by atoms with E-state index >= 15 is 0 Å². The first-order valence-corrected chi connectivity index (χ1v) is 7.13. The number of nitro groups is 1. The molecular weight excluding hydrogens is 286 g/mol. The minimum atomic E-state index is -0.466. The summed E-state index contributed by atoms with van der Waals surface area (Å²) in [4.78, 5) is 29.5. The second-order valence-corrected chi connectivity index (χ2v) is 5.79. The third-order valence-electron chi connectivity index (χ3n) is 4.28. The Labute approximate surface area is 125 Å². The number of non-ortho nitro benzene ring substituents is 1. The number of nitrogens with one attached hydrogen (secondary N) is 1. The molecular formula is C15H13N3O4. The van der Waals surface area contributed by atoms with Gasteiger partial charge in [0.2, 0.25) is 5.88 Å². The van der Waals surface area contributed by atoms with Crippen molar-refractivity contribution in [1.29, 1.82) is 0 Å². The van der Waals surface area contributed by atoms with Gasteiger partial charge in [-0.2, -0.15) is 4.98 Å². The van der Waals surface area contributed by atoms with Gasteiger partial charge in [0.15, 0.2) is 0 Å². The summed E-state index contributed by atoms with van der Waals surface area (Å²) in [5.41, 5.74) is 0.888. The fourth-order valence-electron chi connectivity index (χ4n) is 2.76. The van der Waals surface area contributed by atoms with Crippen molar-refractivity contribution in [3.63, 3.8) is 0 Å². The number of hydrogen-bond donors (Lipinski definition) is 1. The first kappa shape index (κ1) is 13.0. The average molecular weight is 299 g/mol. The van der Waals surface area contributed by atoms with E-state index in [0.29, 0.717) is 29.3 Å². The van der Waals surface area contributed by atoms with E-state index in [0.717, 1.165) is 19.3 Å². The molecule has 4 rings (SSSR count). The lowest BCUT2D eigenvalue weighted by molar-refractivity contribution is -0.384. The number of benzene rings is 1. The normalized spacial score (nSPS) is 17.6. The van der Waals surface area contributed by atoms with Crippen molar-refractivity contribution in [3.8, 4) is 17.3 Å². The Morgan fingerprint density at radius 3 is 2.59 bits per heavy atom. The lowest BCUT2D eigenvalue weighted by Gasteiger charge is -2.24. The average Bonchev–Trinajstić information content (AvgIpc) is 3.25. The van der Waals surface area contributed by atoms with Crippen molar-refractivity contribution in [2.75, 3.05) is 0 Å². The maximum Gasteiger partial charge on any atom is 0.269 e. The van der Waals surface area contributed by atoms with E-state index in [2.05, 4.69) is 9.97 Å². The number of rotatable bonds is 2. The number of nitro benzene ring substituents is 1. The van der Waals surface area contributed by atoms with E-state index in [1.54, 1.807) is 12.1 Å². The minimum absolute atomic E-state index is 0.00256. The summed E-state index contributed by atoms with van der Waals surface area (Å²) in [6.45, 7) is 0. The summed E-state index contributed by atoms with van der Waals surface area (Å²) in [5.74, 6) is 0.775. The molecule has 1 aliphatic carbocycles. The lowest BCUT2D eigenvalue weighted by Crippen LogP contribution is -2.30. The van der Waals surface area contributed by atoms with Crippen LogP contribution in [0.2, 0.25) is 0 Å². The van der Waals surface area contributed by atoms with Crippen LogP contribution in [-0.2, 0) is 6.42 Å². The van der Waals surface area contributed by atoms with Gasteiger partial charge in [-0.05, 0) is 37.8 Å². The van der Waals surface area contributed by atoms with Gasteiger partial charge < -0.3 is 9.72 Å². The molecule has 2 heterocycles. The summed E-state index contributed by atoms with van der Waals surface area (Å²) >= 11 is 0. The topological polar surface area (TPSA) is 98.1 Å². The van der Waals surface area contributed by atoms with Gasteiger partial charge in [0.25, 0.3) is 11.2 Å². The third-order valence-corrected chi connectivity index (χ3v) is 4.28. The number of hydrogen-bond acceptors (Lipinski definition) is 5. The predicted molar refractivity (Wildman–Crippen MR) is 77.9 cm³/mol. The fourth-order valence-corrected chi connectivity index (χ4v) is 2.76. The molecule has 1 N–H and O–H groups in total. The molecule has 0 unspecified atom stereocenters. The van der Waals surface area contributed by atoms with E-state index in [1.165, 1.54) is 12.1 Å². The molecule has 22 heavy (non-hydrogen) atoms. The highest BCUT2D eigenvalue weighted by molar-refractivity contribution is 5.58. The van der Waals surface area contributed by atoms with Gasteiger partial charge in [0, 0.05) is 17.7 Å². The first-order chi connectivity index (χ1) is 10.6. The van der Waals surface area contributed by atoms with E-state index in [4.69, 9.17) is 4.74 Å². The summed E-state index contributed by atoms with van der Waals surface area (Å²) in [6.07, 6.45) is 3.56. The van der Waals surface area contributed by atoms with Crippen LogP contribution in [0.3, 0.4) is 0 Å². The monoisotopic (exact) mass is 299 g/mol. The predicted octanol–water partition coefficient (Wildman–Crippen LogP) is 2.20. The van der Waals surface area contributed by atoms with Crippen LogP contribution < -0.4 is 10.3 Å².